The van der Waals surface area contributed by atoms with E-state index in [0.29, 0.717) is 0 Å². The summed E-state index contributed by atoms with van der Waals surface area (Å²) in [5.74, 6) is 0. The summed E-state index contributed by atoms with van der Waals surface area (Å²) in [4.78, 5) is 2.60. The Hall–Kier alpha value is -0.860. The Morgan fingerprint density at radius 2 is 1.81 bits per heavy atom. The minimum Gasteiger partial charge on any atom is -0.323 e. The fourth-order valence-electron chi connectivity index (χ4n) is 2.81. The monoisotopic (exact) mass is 288 g/mol. The highest BCUT2D eigenvalue weighted by Crippen LogP contribution is 2.29. The van der Waals surface area contributed by atoms with Gasteiger partial charge in [0.05, 0.1) is 0 Å². The molecular formula is C19H32N2. The average molecular weight is 288 g/mol. The standard InChI is InChI=1S/C19H32N2/c1-5-6-13-21(17-11-12-17)14-18(20)15-7-9-16(10-8-15)19(2,3)4/h7-10,17-18H,5-6,11-14,20H2,1-4H3. The van der Waals surface area contributed by atoms with E-state index >= 15 is 0 Å². The molecule has 1 aliphatic carbocycles. The zero-order chi connectivity index (χ0) is 15.5. The van der Waals surface area contributed by atoms with E-state index in [4.69, 9.17) is 5.73 Å². The lowest BCUT2D eigenvalue weighted by Crippen LogP contribution is -2.34. The Balaban J connectivity index is 1.96. The Kier molecular flexibility index (Phi) is 5.45. The normalized spacial score (nSPS) is 17.2. The second kappa shape index (κ2) is 6.93. The summed E-state index contributed by atoms with van der Waals surface area (Å²) in [7, 11) is 0. The zero-order valence-electron chi connectivity index (χ0n) is 14.2. The number of hydrogen-bond acceptors (Lipinski definition) is 2. The third kappa shape index (κ3) is 4.82. The van der Waals surface area contributed by atoms with Crippen molar-refractivity contribution in [2.45, 2.75) is 70.9 Å². The number of benzene rings is 1. The van der Waals surface area contributed by atoms with Crippen LogP contribution in [-0.2, 0) is 5.41 Å². The van der Waals surface area contributed by atoms with Crippen LogP contribution < -0.4 is 5.73 Å². The number of nitrogens with zero attached hydrogens (tertiary/aromatic N) is 1. The lowest BCUT2D eigenvalue weighted by molar-refractivity contribution is 0.244. The van der Waals surface area contributed by atoms with Gasteiger partial charge in [0.1, 0.15) is 0 Å². The van der Waals surface area contributed by atoms with Crippen LogP contribution in [0.1, 0.15) is 70.5 Å². The molecule has 21 heavy (non-hydrogen) atoms. The Morgan fingerprint density at radius 3 is 2.29 bits per heavy atom. The topological polar surface area (TPSA) is 29.3 Å². The molecule has 0 radical (unpaired) electrons. The van der Waals surface area contributed by atoms with Gasteiger partial charge in [0.25, 0.3) is 0 Å². The molecule has 2 nitrogen and oxygen atoms in total. The average Bonchev–Trinajstić information content (AvgIpc) is 3.27. The van der Waals surface area contributed by atoms with Crippen molar-refractivity contribution >= 4 is 0 Å². The van der Waals surface area contributed by atoms with Gasteiger partial charge in [-0.25, -0.2) is 0 Å². The smallest absolute Gasteiger partial charge is 0.0424 e. The predicted octanol–water partition coefficient (Wildman–Crippen LogP) is 4.25. The second-order valence-electron chi connectivity index (χ2n) is 7.56. The Bertz CT molecular complexity index is 426. The quantitative estimate of drug-likeness (QED) is 0.812. The van der Waals surface area contributed by atoms with Crippen LogP contribution in [0.25, 0.3) is 0 Å². The number of unbranched alkanes of at least 4 members (excludes halogenated alkanes) is 1. The molecule has 1 aliphatic rings. The van der Waals surface area contributed by atoms with Gasteiger partial charge in [0, 0.05) is 18.6 Å². The summed E-state index contributed by atoms with van der Waals surface area (Å²) in [6.07, 6.45) is 5.27. The van der Waals surface area contributed by atoms with Crippen molar-refractivity contribution in [2.75, 3.05) is 13.1 Å². The van der Waals surface area contributed by atoms with Crippen LogP contribution >= 0.6 is 0 Å². The number of nitrogens with two attached hydrogens (primary N) is 1. The highest BCUT2D eigenvalue weighted by molar-refractivity contribution is 5.29. The van der Waals surface area contributed by atoms with Crippen molar-refractivity contribution in [2.24, 2.45) is 5.73 Å². The zero-order valence-corrected chi connectivity index (χ0v) is 14.2. The van der Waals surface area contributed by atoms with Crippen molar-refractivity contribution in [1.29, 1.82) is 0 Å². The fourth-order valence-corrected chi connectivity index (χ4v) is 2.81. The fraction of sp³-hybridized carbons (Fsp3) is 0.684. The highest BCUT2D eigenvalue weighted by atomic mass is 15.2. The van der Waals surface area contributed by atoms with Gasteiger partial charge in [-0.2, -0.15) is 0 Å². The third-order valence-corrected chi connectivity index (χ3v) is 4.50. The van der Waals surface area contributed by atoms with Crippen LogP contribution in [0.4, 0.5) is 0 Å². The molecule has 1 atom stereocenters. The van der Waals surface area contributed by atoms with E-state index in [1.165, 1.54) is 43.4 Å². The number of hydrogen-bond donors (Lipinski definition) is 1. The predicted molar refractivity (Wildman–Crippen MR) is 91.6 cm³/mol. The van der Waals surface area contributed by atoms with Crippen molar-refractivity contribution in [3.05, 3.63) is 35.4 Å². The van der Waals surface area contributed by atoms with E-state index in [1.807, 2.05) is 0 Å². The van der Waals surface area contributed by atoms with E-state index in [9.17, 15) is 0 Å². The molecule has 1 unspecified atom stereocenters. The molecule has 1 saturated carbocycles. The summed E-state index contributed by atoms with van der Waals surface area (Å²) in [6, 6.07) is 9.85. The first-order valence-electron chi connectivity index (χ1n) is 8.52. The molecule has 118 valence electrons. The Morgan fingerprint density at radius 1 is 1.19 bits per heavy atom. The van der Waals surface area contributed by atoms with Gasteiger partial charge >= 0.3 is 0 Å². The van der Waals surface area contributed by atoms with E-state index < -0.39 is 0 Å². The molecule has 2 N–H and O–H groups in total. The first-order valence-corrected chi connectivity index (χ1v) is 8.52. The van der Waals surface area contributed by atoms with Crippen molar-refractivity contribution < 1.29 is 0 Å². The van der Waals surface area contributed by atoms with Crippen LogP contribution in [0.5, 0.6) is 0 Å². The van der Waals surface area contributed by atoms with Crippen molar-refractivity contribution in [3.8, 4) is 0 Å². The maximum Gasteiger partial charge on any atom is 0.0424 e. The van der Waals surface area contributed by atoms with Gasteiger partial charge in [-0.3, -0.25) is 4.90 Å². The lowest BCUT2D eigenvalue weighted by atomic mass is 9.86. The van der Waals surface area contributed by atoms with Gasteiger partial charge in [-0.15, -0.1) is 0 Å². The molecule has 0 spiro atoms. The molecule has 2 heteroatoms. The van der Waals surface area contributed by atoms with Gasteiger partial charge < -0.3 is 5.73 Å². The van der Waals surface area contributed by atoms with E-state index in [2.05, 4.69) is 56.9 Å². The minimum atomic E-state index is 0.136. The van der Waals surface area contributed by atoms with Crippen molar-refractivity contribution in [1.82, 2.24) is 4.90 Å². The molecular weight excluding hydrogens is 256 g/mol. The van der Waals surface area contributed by atoms with Crippen LogP contribution in [0.2, 0.25) is 0 Å². The molecule has 0 aliphatic heterocycles. The number of rotatable bonds is 7. The largest absolute Gasteiger partial charge is 0.323 e. The summed E-state index contributed by atoms with van der Waals surface area (Å²) in [6.45, 7) is 11.2. The Labute approximate surface area is 130 Å². The van der Waals surface area contributed by atoms with Crippen LogP contribution in [-0.4, -0.2) is 24.0 Å². The van der Waals surface area contributed by atoms with Crippen LogP contribution in [0.3, 0.4) is 0 Å². The van der Waals surface area contributed by atoms with E-state index in [-0.39, 0.29) is 11.5 Å². The maximum atomic E-state index is 6.45. The van der Waals surface area contributed by atoms with Crippen LogP contribution in [0.15, 0.2) is 24.3 Å². The second-order valence-corrected chi connectivity index (χ2v) is 7.56. The molecule has 1 aromatic carbocycles. The molecule has 0 saturated heterocycles. The highest BCUT2D eigenvalue weighted by Gasteiger charge is 2.29. The molecule has 1 fully saturated rings. The van der Waals surface area contributed by atoms with Gasteiger partial charge in [-0.05, 0) is 42.3 Å². The minimum absolute atomic E-state index is 0.136. The molecule has 0 bridgehead atoms. The molecule has 0 aromatic heterocycles. The van der Waals surface area contributed by atoms with Crippen molar-refractivity contribution in [3.63, 3.8) is 0 Å². The van der Waals surface area contributed by atoms with Gasteiger partial charge in [0.2, 0.25) is 0 Å². The first kappa shape index (κ1) is 16.5. The third-order valence-electron chi connectivity index (χ3n) is 4.50. The molecule has 2 rings (SSSR count). The summed E-state index contributed by atoms with van der Waals surface area (Å²) in [5.41, 5.74) is 9.31. The van der Waals surface area contributed by atoms with Gasteiger partial charge in [0.15, 0.2) is 0 Å². The lowest BCUT2D eigenvalue weighted by Gasteiger charge is -2.26. The SMILES string of the molecule is CCCCN(CC(N)c1ccc(C(C)(C)C)cc1)C1CC1. The maximum absolute atomic E-state index is 6.45. The summed E-state index contributed by atoms with van der Waals surface area (Å²) in [5, 5.41) is 0. The molecule has 0 heterocycles. The summed E-state index contributed by atoms with van der Waals surface area (Å²) >= 11 is 0. The first-order chi connectivity index (χ1) is 9.91. The van der Waals surface area contributed by atoms with E-state index in [1.54, 1.807) is 0 Å². The van der Waals surface area contributed by atoms with E-state index in [0.717, 1.165) is 12.6 Å². The summed E-state index contributed by atoms with van der Waals surface area (Å²) < 4.78 is 0. The molecule has 0 amide bonds. The molecule has 1 aromatic rings. The van der Waals surface area contributed by atoms with Gasteiger partial charge in [-0.1, -0.05) is 58.4 Å². The van der Waals surface area contributed by atoms with Crippen LogP contribution in [0, 0.1) is 0 Å².